The van der Waals surface area contributed by atoms with E-state index in [4.69, 9.17) is 0 Å². The van der Waals surface area contributed by atoms with E-state index in [-0.39, 0.29) is 41.5 Å². The Morgan fingerprint density at radius 3 is 2.61 bits per heavy atom. The van der Waals surface area contributed by atoms with Crippen LogP contribution in [0.5, 0.6) is 11.5 Å². The Bertz CT molecular complexity index is 725. The van der Waals surface area contributed by atoms with E-state index in [1.807, 2.05) is 6.08 Å². The van der Waals surface area contributed by atoms with Gasteiger partial charge >= 0.3 is 6.29 Å². The van der Waals surface area contributed by atoms with E-state index in [9.17, 15) is 18.4 Å². The molecule has 5 nitrogen and oxygen atoms in total. The van der Waals surface area contributed by atoms with Crippen LogP contribution in [0.2, 0.25) is 0 Å². The van der Waals surface area contributed by atoms with Crippen molar-refractivity contribution in [2.24, 2.45) is 4.99 Å². The van der Waals surface area contributed by atoms with Crippen molar-refractivity contribution in [1.29, 1.82) is 0 Å². The summed E-state index contributed by atoms with van der Waals surface area (Å²) in [5, 5.41) is 0. The van der Waals surface area contributed by atoms with Gasteiger partial charge in [0.15, 0.2) is 23.1 Å². The largest absolute Gasteiger partial charge is 0.586 e. The molecular weight excluding hydrogens is 308 g/mol. The molecule has 23 heavy (non-hydrogen) atoms. The van der Waals surface area contributed by atoms with Crippen LogP contribution < -0.4 is 9.47 Å². The number of Topliss-reactive ketones (excluding diaryl/α,β-unsaturated/α-hetero) is 2. The van der Waals surface area contributed by atoms with Crippen LogP contribution in [-0.4, -0.2) is 30.1 Å². The summed E-state index contributed by atoms with van der Waals surface area (Å²) in [5.74, 6) is -0.849. The maximum atomic E-state index is 12.9. The van der Waals surface area contributed by atoms with Crippen molar-refractivity contribution in [2.75, 3.05) is 6.54 Å². The van der Waals surface area contributed by atoms with Gasteiger partial charge in [-0.05, 0) is 30.7 Å². The zero-order chi connectivity index (χ0) is 16.4. The fourth-order valence-corrected chi connectivity index (χ4v) is 2.31. The molecule has 0 N–H and O–H groups in total. The third kappa shape index (κ3) is 3.44. The molecule has 1 aromatic carbocycles. The smallest absolute Gasteiger partial charge is 0.395 e. The number of fused-ring (bicyclic) bond motifs is 1. The van der Waals surface area contributed by atoms with Gasteiger partial charge in [0.1, 0.15) is 5.71 Å². The third-order valence-electron chi connectivity index (χ3n) is 3.44. The molecule has 0 spiro atoms. The first kappa shape index (κ1) is 15.3. The second-order valence-corrected chi connectivity index (χ2v) is 5.13. The number of allylic oxidation sites excluding steroid dienone is 1. The molecule has 0 fully saturated rings. The number of carbonyl (C=O) groups excluding carboxylic acids is 2. The van der Waals surface area contributed by atoms with Crippen molar-refractivity contribution in [1.82, 2.24) is 0 Å². The fourth-order valence-electron chi connectivity index (χ4n) is 2.31. The number of hydrogen-bond donors (Lipinski definition) is 0. The van der Waals surface area contributed by atoms with Crippen LogP contribution in [-0.2, 0) is 4.79 Å². The van der Waals surface area contributed by atoms with Gasteiger partial charge in [0.25, 0.3) is 0 Å². The van der Waals surface area contributed by atoms with Crippen LogP contribution in [0, 0.1) is 0 Å². The average Bonchev–Trinajstić information content (AvgIpc) is 2.85. The van der Waals surface area contributed by atoms with Crippen molar-refractivity contribution in [3.8, 4) is 11.5 Å². The van der Waals surface area contributed by atoms with Crippen molar-refractivity contribution in [3.63, 3.8) is 0 Å². The molecule has 120 valence electrons. The van der Waals surface area contributed by atoms with E-state index in [2.05, 4.69) is 14.5 Å². The first-order valence-corrected chi connectivity index (χ1v) is 7.12. The highest BCUT2D eigenvalue weighted by molar-refractivity contribution is 6.44. The van der Waals surface area contributed by atoms with E-state index in [1.165, 1.54) is 18.2 Å². The molecule has 0 radical (unpaired) electrons. The number of alkyl halides is 2. The van der Waals surface area contributed by atoms with Gasteiger partial charge < -0.3 is 9.47 Å². The number of halogens is 2. The van der Waals surface area contributed by atoms with Crippen LogP contribution in [0.4, 0.5) is 8.78 Å². The van der Waals surface area contributed by atoms with Gasteiger partial charge in [0.2, 0.25) is 0 Å². The second-order valence-electron chi connectivity index (χ2n) is 5.13. The van der Waals surface area contributed by atoms with Crippen LogP contribution in [0.25, 0.3) is 0 Å². The van der Waals surface area contributed by atoms with Crippen molar-refractivity contribution in [2.45, 2.75) is 25.6 Å². The molecule has 1 aromatic rings. The molecule has 0 aromatic heterocycles. The van der Waals surface area contributed by atoms with Crippen molar-refractivity contribution >= 4 is 17.3 Å². The Kier molecular flexibility index (Phi) is 3.94. The minimum Gasteiger partial charge on any atom is -0.395 e. The fraction of sp³-hybridized carbons (Fsp3) is 0.312. The molecule has 0 saturated carbocycles. The molecule has 0 amide bonds. The van der Waals surface area contributed by atoms with Crippen molar-refractivity contribution < 1.29 is 27.8 Å². The van der Waals surface area contributed by atoms with E-state index in [1.54, 1.807) is 6.08 Å². The van der Waals surface area contributed by atoms with Crippen LogP contribution in [0.1, 0.15) is 29.6 Å². The number of carbonyl (C=O) groups is 2. The van der Waals surface area contributed by atoms with Gasteiger partial charge in [-0.2, -0.15) is 0 Å². The summed E-state index contributed by atoms with van der Waals surface area (Å²) >= 11 is 0. The molecule has 0 unspecified atom stereocenters. The van der Waals surface area contributed by atoms with Crippen LogP contribution >= 0.6 is 0 Å². The maximum absolute atomic E-state index is 12.9. The summed E-state index contributed by atoms with van der Waals surface area (Å²) in [6.45, 7) is 0.571. The average molecular weight is 321 g/mol. The number of ketones is 2. The lowest BCUT2D eigenvalue weighted by Gasteiger charge is -2.05. The predicted molar refractivity (Wildman–Crippen MR) is 77.3 cm³/mol. The first-order valence-electron chi connectivity index (χ1n) is 7.12. The van der Waals surface area contributed by atoms with E-state index < -0.39 is 6.29 Å². The predicted octanol–water partition coefficient (Wildman–Crippen LogP) is 2.94. The van der Waals surface area contributed by atoms with Gasteiger partial charge in [-0.3, -0.25) is 14.6 Å². The lowest BCUT2D eigenvalue weighted by Crippen LogP contribution is -2.25. The molecule has 3 rings (SSSR count). The quantitative estimate of drug-likeness (QED) is 0.782. The maximum Gasteiger partial charge on any atom is 0.586 e. The Morgan fingerprint density at radius 1 is 1.13 bits per heavy atom. The Hall–Kier alpha value is -2.57. The summed E-state index contributed by atoms with van der Waals surface area (Å²) in [5.41, 5.74) is 0.563. The summed E-state index contributed by atoms with van der Waals surface area (Å²) < 4.78 is 34.4. The normalized spacial score (nSPS) is 17.7. The topological polar surface area (TPSA) is 65.0 Å². The highest BCUT2D eigenvalue weighted by atomic mass is 19.3. The summed E-state index contributed by atoms with van der Waals surface area (Å²) in [6, 6.07) is 3.81. The zero-order valence-corrected chi connectivity index (χ0v) is 12.1. The number of aliphatic imine (C=N–C) groups is 1. The van der Waals surface area contributed by atoms with Gasteiger partial charge in [-0.15, -0.1) is 8.78 Å². The molecule has 2 aliphatic rings. The Labute approximate surface area is 130 Å². The standard InChI is InChI=1S/C16H13F2NO4/c17-16(18)22-14-7-4-10(9-15(14)23-16)12(20)5-6-13(21)11-3-1-2-8-19-11/h1,3-4,7,9H,2,5-6,8H2. The number of rotatable bonds is 5. The Balaban J connectivity index is 1.62. The molecule has 0 atom stereocenters. The second kappa shape index (κ2) is 5.91. The third-order valence-corrected chi connectivity index (χ3v) is 3.44. The summed E-state index contributed by atoms with van der Waals surface area (Å²) in [4.78, 5) is 28.1. The van der Waals surface area contributed by atoms with Crippen molar-refractivity contribution in [3.05, 3.63) is 35.9 Å². The zero-order valence-electron chi connectivity index (χ0n) is 12.1. The van der Waals surface area contributed by atoms with E-state index in [0.717, 1.165) is 6.42 Å². The van der Waals surface area contributed by atoms with Crippen LogP contribution in [0.3, 0.4) is 0 Å². The van der Waals surface area contributed by atoms with Crippen LogP contribution in [0.15, 0.2) is 35.3 Å². The minimum absolute atomic E-state index is 0.0204. The SMILES string of the molecule is O=C(CCC(=O)c1ccc2c(c1)OC(F)(F)O2)C1=NCCC=C1. The molecule has 0 saturated heterocycles. The van der Waals surface area contributed by atoms with E-state index >= 15 is 0 Å². The summed E-state index contributed by atoms with van der Waals surface area (Å²) in [6.07, 6.45) is 0.594. The highest BCUT2D eigenvalue weighted by Crippen LogP contribution is 2.41. The number of dihydropyridines is 1. The number of hydrogen-bond acceptors (Lipinski definition) is 5. The number of benzene rings is 1. The van der Waals surface area contributed by atoms with E-state index in [0.29, 0.717) is 12.3 Å². The molecular formula is C16H13F2NO4. The molecule has 2 aliphatic heterocycles. The number of nitrogens with zero attached hydrogens (tertiary/aromatic N) is 1. The van der Waals surface area contributed by atoms with Gasteiger partial charge in [-0.1, -0.05) is 6.08 Å². The first-order chi connectivity index (χ1) is 10.9. The molecule has 7 heteroatoms. The minimum atomic E-state index is -3.72. The highest BCUT2D eigenvalue weighted by Gasteiger charge is 2.43. The molecule has 2 heterocycles. The lowest BCUT2D eigenvalue weighted by molar-refractivity contribution is -0.286. The number of ether oxygens (including phenoxy) is 2. The monoisotopic (exact) mass is 321 g/mol. The van der Waals surface area contributed by atoms with Gasteiger partial charge in [0, 0.05) is 24.9 Å². The Morgan fingerprint density at radius 2 is 1.87 bits per heavy atom. The lowest BCUT2D eigenvalue weighted by atomic mass is 10.0. The molecule has 0 aliphatic carbocycles. The van der Waals surface area contributed by atoms with Gasteiger partial charge in [0.05, 0.1) is 0 Å². The summed E-state index contributed by atoms with van der Waals surface area (Å²) in [7, 11) is 0. The molecule has 0 bridgehead atoms. The van der Waals surface area contributed by atoms with Gasteiger partial charge in [-0.25, -0.2) is 0 Å².